The minimum absolute atomic E-state index is 0.104. The molecule has 0 saturated heterocycles. The number of fused-ring (bicyclic) bond motifs is 1. The summed E-state index contributed by atoms with van der Waals surface area (Å²) < 4.78 is 40.0. The standard InChI is InChI=1S/C24H16F2N4O3S/c1-32-20-9-5-3-7-16(20)22-28-21(33-29-22)13-34-24-27-18-8-4-2-6-15(18)23(31)30(24)19-11-10-14(25)12-17(19)26/h2-12H,13H2,1H3. The van der Waals surface area contributed by atoms with E-state index in [2.05, 4.69) is 15.1 Å². The molecule has 0 amide bonds. The van der Waals surface area contributed by atoms with E-state index in [1.807, 2.05) is 12.1 Å². The molecule has 0 aliphatic heterocycles. The Morgan fingerprint density at radius 2 is 1.82 bits per heavy atom. The fourth-order valence-corrected chi connectivity index (χ4v) is 4.31. The molecule has 0 aliphatic carbocycles. The number of para-hydroxylation sites is 2. The molecular weight excluding hydrogens is 462 g/mol. The Kier molecular flexibility index (Phi) is 5.81. The van der Waals surface area contributed by atoms with Gasteiger partial charge in [-0.25, -0.2) is 13.8 Å². The summed E-state index contributed by atoms with van der Waals surface area (Å²) in [6, 6.07) is 17.0. The normalized spacial score (nSPS) is 11.1. The number of benzene rings is 3. The molecule has 2 aromatic heterocycles. The average molecular weight is 478 g/mol. The van der Waals surface area contributed by atoms with Gasteiger partial charge in [0.2, 0.25) is 11.7 Å². The van der Waals surface area contributed by atoms with Crippen LogP contribution in [0.1, 0.15) is 5.89 Å². The van der Waals surface area contributed by atoms with E-state index in [0.29, 0.717) is 28.0 Å². The van der Waals surface area contributed by atoms with Crippen LogP contribution in [0.4, 0.5) is 8.78 Å². The van der Waals surface area contributed by atoms with Crippen LogP contribution in [-0.2, 0) is 5.75 Å². The molecule has 170 valence electrons. The van der Waals surface area contributed by atoms with E-state index in [1.54, 1.807) is 43.5 Å². The van der Waals surface area contributed by atoms with Gasteiger partial charge in [0.1, 0.15) is 17.4 Å². The van der Waals surface area contributed by atoms with Crippen molar-refractivity contribution in [2.24, 2.45) is 0 Å². The van der Waals surface area contributed by atoms with E-state index in [1.165, 1.54) is 6.07 Å². The molecule has 10 heteroatoms. The second-order valence-corrected chi connectivity index (χ2v) is 8.09. The van der Waals surface area contributed by atoms with E-state index in [0.717, 1.165) is 28.5 Å². The number of methoxy groups -OCH3 is 1. The molecule has 0 fully saturated rings. The Bertz CT molecular complexity index is 1570. The largest absolute Gasteiger partial charge is 0.496 e. The third kappa shape index (κ3) is 4.03. The molecule has 0 aliphatic rings. The van der Waals surface area contributed by atoms with Gasteiger partial charge in [0, 0.05) is 6.07 Å². The zero-order valence-corrected chi connectivity index (χ0v) is 18.6. The molecule has 0 radical (unpaired) electrons. The highest BCUT2D eigenvalue weighted by atomic mass is 32.2. The molecule has 0 saturated carbocycles. The summed E-state index contributed by atoms with van der Waals surface area (Å²) in [5, 5.41) is 4.52. The highest BCUT2D eigenvalue weighted by molar-refractivity contribution is 7.98. The van der Waals surface area contributed by atoms with Crippen molar-refractivity contribution < 1.29 is 18.0 Å². The number of hydrogen-bond acceptors (Lipinski definition) is 7. The summed E-state index contributed by atoms with van der Waals surface area (Å²) in [6.45, 7) is 0. The SMILES string of the molecule is COc1ccccc1-c1noc(CSc2nc3ccccc3c(=O)n2-c2ccc(F)cc2F)n1. The maximum Gasteiger partial charge on any atom is 0.266 e. The highest BCUT2D eigenvalue weighted by Gasteiger charge is 2.19. The topological polar surface area (TPSA) is 83.0 Å². The van der Waals surface area contributed by atoms with Gasteiger partial charge in [-0.3, -0.25) is 9.36 Å². The van der Waals surface area contributed by atoms with Crippen LogP contribution in [0.3, 0.4) is 0 Å². The van der Waals surface area contributed by atoms with Gasteiger partial charge in [-0.05, 0) is 36.4 Å². The van der Waals surface area contributed by atoms with Gasteiger partial charge in [0.05, 0.1) is 35.0 Å². The number of rotatable bonds is 6. The van der Waals surface area contributed by atoms with Crippen LogP contribution in [0.25, 0.3) is 28.0 Å². The van der Waals surface area contributed by atoms with Crippen LogP contribution in [0.5, 0.6) is 5.75 Å². The van der Waals surface area contributed by atoms with Crippen molar-refractivity contribution in [1.29, 1.82) is 0 Å². The van der Waals surface area contributed by atoms with E-state index < -0.39 is 17.2 Å². The van der Waals surface area contributed by atoms with Gasteiger partial charge in [-0.2, -0.15) is 4.98 Å². The Balaban J connectivity index is 1.53. The maximum atomic E-state index is 14.6. The first kappa shape index (κ1) is 21.8. The summed E-state index contributed by atoms with van der Waals surface area (Å²) in [5.74, 6) is -0.236. The van der Waals surface area contributed by atoms with E-state index in [9.17, 15) is 13.6 Å². The summed E-state index contributed by atoms with van der Waals surface area (Å²) >= 11 is 1.12. The molecule has 5 aromatic rings. The fourth-order valence-electron chi connectivity index (χ4n) is 3.46. The quantitative estimate of drug-likeness (QED) is 0.250. The van der Waals surface area contributed by atoms with Gasteiger partial charge in [0.15, 0.2) is 5.16 Å². The lowest BCUT2D eigenvalue weighted by atomic mass is 10.2. The smallest absolute Gasteiger partial charge is 0.266 e. The molecule has 0 bridgehead atoms. The van der Waals surface area contributed by atoms with Crippen molar-refractivity contribution in [2.75, 3.05) is 7.11 Å². The second kappa shape index (κ2) is 9.06. The Hall–Kier alpha value is -4.05. The van der Waals surface area contributed by atoms with Crippen molar-refractivity contribution in [3.8, 4) is 22.8 Å². The predicted octanol–water partition coefficient (Wildman–Crippen LogP) is 5.01. The number of thioether (sulfide) groups is 1. The summed E-state index contributed by atoms with van der Waals surface area (Å²) in [5.41, 5.74) is 0.541. The molecule has 5 rings (SSSR count). The van der Waals surface area contributed by atoms with E-state index in [-0.39, 0.29) is 22.5 Å². The average Bonchev–Trinajstić information content (AvgIpc) is 3.32. The van der Waals surface area contributed by atoms with Crippen molar-refractivity contribution in [2.45, 2.75) is 10.9 Å². The van der Waals surface area contributed by atoms with Crippen molar-refractivity contribution in [3.05, 3.63) is 94.6 Å². The summed E-state index contributed by atoms with van der Waals surface area (Å²) in [7, 11) is 1.55. The lowest BCUT2D eigenvalue weighted by Gasteiger charge is -2.13. The third-order valence-electron chi connectivity index (χ3n) is 5.04. The highest BCUT2D eigenvalue weighted by Crippen LogP contribution is 2.29. The van der Waals surface area contributed by atoms with Gasteiger partial charge in [-0.1, -0.05) is 41.2 Å². The van der Waals surface area contributed by atoms with Crippen LogP contribution in [0, 0.1) is 11.6 Å². The molecule has 0 spiro atoms. The molecule has 0 unspecified atom stereocenters. The Morgan fingerprint density at radius 1 is 1.03 bits per heavy atom. The van der Waals surface area contributed by atoms with Gasteiger partial charge in [0.25, 0.3) is 5.56 Å². The molecule has 3 aromatic carbocycles. The first-order chi connectivity index (χ1) is 16.5. The predicted molar refractivity (Wildman–Crippen MR) is 123 cm³/mol. The maximum absolute atomic E-state index is 14.6. The molecule has 0 atom stereocenters. The summed E-state index contributed by atoms with van der Waals surface area (Å²) in [6.07, 6.45) is 0. The van der Waals surface area contributed by atoms with E-state index >= 15 is 0 Å². The zero-order valence-electron chi connectivity index (χ0n) is 17.7. The molecule has 7 nitrogen and oxygen atoms in total. The first-order valence-electron chi connectivity index (χ1n) is 10.1. The number of aromatic nitrogens is 4. The Labute approximate surface area is 196 Å². The van der Waals surface area contributed by atoms with Crippen LogP contribution >= 0.6 is 11.8 Å². The first-order valence-corrected chi connectivity index (χ1v) is 11.1. The summed E-state index contributed by atoms with van der Waals surface area (Å²) in [4.78, 5) is 22.2. The number of halogens is 2. The van der Waals surface area contributed by atoms with Crippen molar-refractivity contribution in [1.82, 2.24) is 19.7 Å². The monoisotopic (exact) mass is 478 g/mol. The Morgan fingerprint density at radius 3 is 2.65 bits per heavy atom. The van der Waals surface area contributed by atoms with Crippen molar-refractivity contribution >= 4 is 22.7 Å². The lowest BCUT2D eigenvalue weighted by Crippen LogP contribution is -2.22. The molecule has 34 heavy (non-hydrogen) atoms. The molecule has 2 heterocycles. The van der Waals surface area contributed by atoms with Crippen molar-refractivity contribution in [3.63, 3.8) is 0 Å². The fraction of sp³-hybridized carbons (Fsp3) is 0.0833. The number of ether oxygens (including phenoxy) is 1. The minimum atomic E-state index is -0.878. The molecular formula is C24H16F2N4O3S. The number of hydrogen-bond donors (Lipinski definition) is 0. The third-order valence-corrected chi connectivity index (χ3v) is 5.96. The van der Waals surface area contributed by atoms with Gasteiger partial charge >= 0.3 is 0 Å². The lowest BCUT2D eigenvalue weighted by molar-refractivity contribution is 0.390. The van der Waals surface area contributed by atoms with Crippen LogP contribution < -0.4 is 10.3 Å². The van der Waals surface area contributed by atoms with Gasteiger partial charge < -0.3 is 9.26 Å². The number of nitrogens with zero attached hydrogens (tertiary/aromatic N) is 4. The van der Waals surface area contributed by atoms with Crippen LogP contribution in [0.15, 0.2) is 81.2 Å². The van der Waals surface area contributed by atoms with E-state index in [4.69, 9.17) is 9.26 Å². The van der Waals surface area contributed by atoms with Gasteiger partial charge in [-0.15, -0.1) is 0 Å². The van der Waals surface area contributed by atoms with Crippen LogP contribution in [-0.4, -0.2) is 26.8 Å². The molecule has 0 N–H and O–H groups in total. The zero-order chi connectivity index (χ0) is 23.7. The van der Waals surface area contributed by atoms with Crippen LogP contribution in [0.2, 0.25) is 0 Å². The second-order valence-electron chi connectivity index (χ2n) is 7.15. The minimum Gasteiger partial charge on any atom is -0.496 e.